The molecule has 0 heterocycles. The largest absolute Gasteiger partial charge is 0.312 e. The van der Waals surface area contributed by atoms with Gasteiger partial charge in [0.1, 0.15) is 5.82 Å². The first-order valence-corrected chi connectivity index (χ1v) is 6.38. The molecule has 0 aromatic heterocycles. The maximum absolute atomic E-state index is 13.5. The lowest BCUT2D eigenvalue weighted by Gasteiger charge is -2.20. The van der Waals surface area contributed by atoms with Crippen LogP contribution in [0.15, 0.2) is 18.2 Å². The first kappa shape index (κ1) is 12.6. The Morgan fingerprint density at radius 3 is 2.65 bits per heavy atom. The highest BCUT2D eigenvalue weighted by molar-refractivity contribution is 5.30. The molecule has 0 amide bonds. The van der Waals surface area contributed by atoms with Gasteiger partial charge in [0.25, 0.3) is 0 Å². The highest BCUT2D eigenvalue weighted by atomic mass is 19.1. The van der Waals surface area contributed by atoms with Gasteiger partial charge < -0.3 is 5.32 Å². The molecule has 1 aromatic rings. The standard InChI is InChI=1S/C15H22FN/c1-10-5-6-11(8-14(10)16)13-7-12(13)9-17-15(2,3)4/h5-6,8,12-13,17H,7,9H2,1-4H3. The van der Waals surface area contributed by atoms with Crippen LogP contribution in [0.25, 0.3) is 0 Å². The van der Waals surface area contributed by atoms with E-state index in [-0.39, 0.29) is 11.4 Å². The monoisotopic (exact) mass is 235 g/mol. The number of halogens is 1. The van der Waals surface area contributed by atoms with Crippen LogP contribution in [-0.4, -0.2) is 12.1 Å². The van der Waals surface area contributed by atoms with E-state index in [0.29, 0.717) is 11.8 Å². The predicted octanol–water partition coefficient (Wildman–Crippen LogP) is 3.63. The van der Waals surface area contributed by atoms with Gasteiger partial charge in [0.15, 0.2) is 0 Å². The Morgan fingerprint density at radius 2 is 2.06 bits per heavy atom. The number of aryl methyl sites for hydroxylation is 1. The summed E-state index contributed by atoms with van der Waals surface area (Å²) in [7, 11) is 0. The molecule has 17 heavy (non-hydrogen) atoms. The predicted molar refractivity (Wildman–Crippen MR) is 69.7 cm³/mol. The molecule has 1 fully saturated rings. The number of rotatable bonds is 3. The smallest absolute Gasteiger partial charge is 0.126 e. The molecule has 94 valence electrons. The SMILES string of the molecule is Cc1ccc(C2CC2CNC(C)(C)C)cc1F. The van der Waals surface area contributed by atoms with Crippen LogP contribution in [-0.2, 0) is 0 Å². The summed E-state index contributed by atoms with van der Waals surface area (Å²) in [4.78, 5) is 0. The molecular formula is C15H22FN. The fraction of sp³-hybridized carbons (Fsp3) is 0.600. The second kappa shape index (κ2) is 4.41. The topological polar surface area (TPSA) is 12.0 Å². The van der Waals surface area contributed by atoms with E-state index in [1.54, 1.807) is 6.07 Å². The van der Waals surface area contributed by atoms with Gasteiger partial charge in [0.2, 0.25) is 0 Å². The third-order valence-corrected chi connectivity index (χ3v) is 3.44. The van der Waals surface area contributed by atoms with Crippen LogP contribution in [0.3, 0.4) is 0 Å². The fourth-order valence-electron chi connectivity index (χ4n) is 2.16. The summed E-state index contributed by atoms with van der Waals surface area (Å²) in [6, 6.07) is 5.66. The molecule has 1 aliphatic carbocycles. The molecule has 2 unspecified atom stereocenters. The lowest BCUT2D eigenvalue weighted by molar-refractivity contribution is 0.414. The lowest BCUT2D eigenvalue weighted by atomic mass is 10.1. The van der Waals surface area contributed by atoms with Crippen molar-refractivity contribution < 1.29 is 4.39 Å². The molecular weight excluding hydrogens is 213 g/mol. The Balaban J connectivity index is 1.92. The van der Waals surface area contributed by atoms with Crippen LogP contribution in [0.2, 0.25) is 0 Å². The fourth-order valence-corrected chi connectivity index (χ4v) is 2.16. The van der Waals surface area contributed by atoms with Crippen molar-refractivity contribution in [1.29, 1.82) is 0 Å². The van der Waals surface area contributed by atoms with Crippen molar-refractivity contribution in [2.24, 2.45) is 5.92 Å². The summed E-state index contributed by atoms with van der Waals surface area (Å²) in [5.41, 5.74) is 2.07. The molecule has 2 atom stereocenters. The molecule has 1 nitrogen and oxygen atoms in total. The minimum absolute atomic E-state index is 0.0723. The third-order valence-electron chi connectivity index (χ3n) is 3.44. The summed E-state index contributed by atoms with van der Waals surface area (Å²) in [5, 5.41) is 3.52. The van der Waals surface area contributed by atoms with E-state index in [9.17, 15) is 4.39 Å². The molecule has 1 aromatic carbocycles. The van der Waals surface area contributed by atoms with E-state index in [0.717, 1.165) is 17.7 Å². The highest BCUT2D eigenvalue weighted by Crippen LogP contribution is 2.47. The molecule has 1 saturated carbocycles. The van der Waals surface area contributed by atoms with Crippen molar-refractivity contribution in [3.05, 3.63) is 35.1 Å². The second-order valence-electron chi connectivity index (χ2n) is 6.24. The van der Waals surface area contributed by atoms with E-state index in [1.165, 1.54) is 6.42 Å². The Morgan fingerprint density at radius 1 is 1.35 bits per heavy atom. The molecule has 1 N–H and O–H groups in total. The van der Waals surface area contributed by atoms with Gasteiger partial charge in [-0.25, -0.2) is 4.39 Å². The zero-order valence-electron chi connectivity index (χ0n) is 11.2. The van der Waals surface area contributed by atoms with Gasteiger partial charge >= 0.3 is 0 Å². The molecule has 0 aliphatic heterocycles. The van der Waals surface area contributed by atoms with Crippen LogP contribution < -0.4 is 5.32 Å². The average molecular weight is 235 g/mol. The Hall–Kier alpha value is -0.890. The maximum Gasteiger partial charge on any atom is 0.126 e. The van der Waals surface area contributed by atoms with Crippen molar-refractivity contribution in [1.82, 2.24) is 5.32 Å². The quantitative estimate of drug-likeness (QED) is 0.843. The van der Waals surface area contributed by atoms with Gasteiger partial charge in [0, 0.05) is 5.54 Å². The van der Waals surface area contributed by atoms with Gasteiger partial charge in [0.05, 0.1) is 0 Å². The number of nitrogens with one attached hydrogen (secondary N) is 1. The average Bonchev–Trinajstić information content (AvgIpc) is 2.97. The number of hydrogen-bond acceptors (Lipinski definition) is 1. The van der Waals surface area contributed by atoms with Gasteiger partial charge in [-0.15, -0.1) is 0 Å². The zero-order valence-corrected chi connectivity index (χ0v) is 11.2. The summed E-state index contributed by atoms with van der Waals surface area (Å²) in [6.07, 6.45) is 1.19. The first-order valence-electron chi connectivity index (χ1n) is 6.38. The van der Waals surface area contributed by atoms with E-state index in [1.807, 2.05) is 13.0 Å². The van der Waals surface area contributed by atoms with Gasteiger partial charge in [-0.05, 0) is 69.7 Å². The van der Waals surface area contributed by atoms with Crippen LogP contribution in [0.5, 0.6) is 0 Å². The zero-order chi connectivity index (χ0) is 12.6. The minimum Gasteiger partial charge on any atom is -0.312 e. The van der Waals surface area contributed by atoms with Gasteiger partial charge in [-0.3, -0.25) is 0 Å². The normalized spacial score (nSPS) is 23.8. The van der Waals surface area contributed by atoms with Crippen LogP contribution in [0.4, 0.5) is 4.39 Å². The van der Waals surface area contributed by atoms with Crippen molar-refractivity contribution in [3.8, 4) is 0 Å². The summed E-state index contributed by atoms with van der Waals surface area (Å²) in [5.74, 6) is 1.16. The van der Waals surface area contributed by atoms with Crippen molar-refractivity contribution in [3.63, 3.8) is 0 Å². The number of hydrogen-bond donors (Lipinski definition) is 1. The van der Waals surface area contributed by atoms with Crippen LogP contribution in [0, 0.1) is 18.7 Å². The van der Waals surface area contributed by atoms with E-state index < -0.39 is 0 Å². The summed E-state index contributed by atoms with van der Waals surface area (Å²) >= 11 is 0. The van der Waals surface area contributed by atoms with Gasteiger partial charge in [-0.1, -0.05) is 12.1 Å². The molecule has 2 heteroatoms. The minimum atomic E-state index is -0.0723. The van der Waals surface area contributed by atoms with Crippen LogP contribution in [0.1, 0.15) is 44.2 Å². The van der Waals surface area contributed by atoms with E-state index >= 15 is 0 Å². The molecule has 2 rings (SSSR count). The summed E-state index contributed by atoms with van der Waals surface area (Å²) in [6.45, 7) is 9.37. The van der Waals surface area contributed by atoms with E-state index in [4.69, 9.17) is 0 Å². The Kier molecular flexibility index (Phi) is 3.26. The third kappa shape index (κ3) is 3.29. The Bertz CT molecular complexity index is 406. The second-order valence-corrected chi connectivity index (χ2v) is 6.24. The maximum atomic E-state index is 13.5. The molecule has 0 spiro atoms. The Labute approximate surface area is 103 Å². The molecule has 0 radical (unpaired) electrons. The highest BCUT2D eigenvalue weighted by Gasteiger charge is 2.38. The number of benzene rings is 1. The lowest BCUT2D eigenvalue weighted by Crippen LogP contribution is -2.37. The molecule has 0 saturated heterocycles. The van der Waals surface area contributed by atoms with Crippen molar-refractivity contribution >= 4 is 0 Å². The van der Waals surface area contributed by atoms with E-state index in [2.05, 4.69) is 32.2 Å². The van der Waals surface area contributed by atoms with Crippen molar-refractivity contribution in [2.45, 2.75) is 45.6 Å². The summed E-state index contributed by atoms with van der Waals surface area (Å²) < 4.78 is 13.5. The van der Waals surface area contributed by atoms with Gasteiger partial charge in [-0.2, -0.15) is 0 Å². The molecule has 0 bridgehead atoms. The first-order chi connectivity index (χ1) is 7.87. The molecule has 1 aliphatic rings. The van der Waals surface area contributed by atoms with Crippen LogP contribution >= 0.6 is 0 Å². The van der Waals surface area contributed by atoms with Crippen molar-refractivity contribution in [2.75, 3.05) is 6.54 Å².